The number of carbonyl (C=O) groups is 1. The number of amides is 1. The topological polar surface area (TPSA) is 84.8 Å². The smallest absolute Gasteiger partial charge is 0.251 e. The van der Waals surface area contributed by atoms with Gasteiger partial charge in [-0.05, 0) is 54.8 Å². The first-order valence-corrected chi connectivity index (χ1v) is 12.4. The summed E-state index contributed by atoms with van der Waals surface area (Å²) in [6.45, 7) is 3.76. The van der Waals surface area contributed by atoms with Gasteiger partial charge in [0.25, 0.3) is 5.91 Å². The van der Waals surface area contributed by atoms with Gasteiger partial charge < -0.3 is 20.8 Å². The fraction of sp³-hybridized carbons (Fsp3) is 0.345. The summed E-state index contributed by atoms with van der Waals surface area (Å²) in [5.74, 6) is -0.192. The third-order valence-electron chi connectivity index (χ3n) is 6.59. The molecule has 0 radical (unpaired) electrons. The van der Waals surface area contributed by atoms with Crippen molar-refractivity contribution in [1.82, 2.24) is 15.5 Å². The number of benzene rings is 3. The van der Waals surface area contributed by atoms with Crippen LogP contribution in [-0.4, -0.2) is 65.4 Å². The van der Waals surface area contributed by atoms with Crippen LogP contribution in [0.4, 0.5) is 0 Å². The van der Waals surface area contributed by atoms with E-state index < -0.39 is 12.2 Å². The lowest BCUT2D eigenvalue weighted by atomic mass is 10.0. The van der Waals surface area contributed by atoms with E-state index >= 15 is 0 Å². The first-order chi connectivity index (χ1) is 17.1. The van der Waals surface area contributed by atoms with E-state index in [1.165, 1.54) is 25.9 Å². The fourth-order valence-electron chi connectivity index (χ4n) is 4.57. The SMILES string of the molecule is C1CCNC1.O=C(NC[C@H]1[C@@H](O)[C@@H](O)CN1Cc1ccccc1)c1ccc(-c2ccccc2)cc1. The van der Waals surface area contributed by atoms with Gasteiger partial charge in [-0.25, -0.2) is 0 Å². The number of rotatable bonds is 6. The zero-order valence-corrected chi connectivity index (χ0v) is 20.0. The monoisotopic (exact) mass is 473 g/mol. The Labute approximate surface area is 207 Å². The van der Waals surface area contributed by atoms with Crippen LogP contribution >= 0.6 is 0 Å². The molecule has 3 aromatic carbocycles. The number of hydrogen-bond donors (Lipinski definition) is 4. The minimum absolute atomic E-state index is 0.192. The largest absolute Gasteiger partial charge is 0.389 e. The Balaban J connectivity index is 0.000000514. The number of hydrogen-bond acceptors (Lipinski definition) is 5. The fourth-order valence-corrected chi connectivity index (χ4v) is 4.57. The summed E-state index contributed by atoms with van der Waals surface area (Å²) in [7, 11) is 0. The number of likely N-dealkylation sites (tertiary alicyclic amines) is 1. The van der Waals surface area contributed by atoms with Crippen molar-refractivity contribution >= 4 is 5.91 Å². The lowest BCUT2D eigenvalue weighted by Gasteiger charge is -2.26. The quantitative estimate of drug-likeness (QED) is 0.442. The van der Waals surface area contributed by atoms with Crippen LogP contribution in [0.1, 0.15) is 28.8 Å². The van der Waals surface area contributed by atoms with E-state index in [1.54, 1.807) is 12.1 Å². The van der Waals surface area contributed by atoms with Crippen LogP contribution in [0.25, 0.3) is 11.1 Å². The molecule has 4 N–H and O–H groups in total. The van der Waals surface area contributed by atoms with Gasteiger partial charge in [-0.2, -0.15) is 0 Å². The van der Waals surface area contributed by atoms with E-state index in [9.17, 15) is 15.0 Å². The highest BCUT2D eigenvalue weighted by atomic mass is 16.3. The van der Waals surface area contributed by atoms with E-state index in [0.717, 1.165) is 16.7 Å². The van der Waals surface area contributed by atoms with Gasteiger partial charge in [0.1, 0.15) is 0 Å². The average Bonchev–Trinajstić information content (AvgIpc) is 3.57. The summed E-state index contributed by atoms with van der Waals surface area (Å²) in [5.41, 5.74) is 3.82. The first-order valence-electron chi connectivity index (χ1n) is 12.4. The Kier molecular flexibility index (Phi) is 9.03. The second kappa shape index (κ2) is 12.6. The minimum Gasteiger partial charge on any atom is -0.389 e. The second-order valence-corrected chi connectivity index (χ2v) is 9.15. The molecular formula is C29H35N3O3. The van der Waals surface area contributed by atoms with Gasteiger partial charge in [0.15, 0.2) is 0 Å². The van der Waals surface area contributed by atoms with E-state index in [1.807, 2.05) is 77.7 Å². The third kappa shape index (κ3) is 6.99. The van der Waals surface area contributed by atoms with Gasteiger partial charge in [0, 0.05) is 25.2 Å². The minimum atomic E-state index is -0.894. The van der Waals surface area contributed by atoms with E-state index in [0.29, 0.717) is 18.7 Å². The highest BCUT2D eigenvalue weighted by Crippen LogP contribution is 2.22. The van der Waals surface area contributed by atoms with Crippen LogP contribution in [0.3, 0.4) is 0 Å². The van der Waals surface area contributed by atoms with Crippen LogP contribution in [0.15, 0.2) is 84.9 Å². The van der Waals surface area contributed by atoms with Gasteiger partial charge in [-0.15, -0.1) is 0 Å². The molecule has 0 aliphatic carbocycles. The predicted octanol–water partition coefficient (Wildman–Crippen LogP) is 3.06. The van der Waals surface area contributed by atoms with Crippen molar-refractivity contribution in [3.05, 3.63) is 96.1 Å². The van der Waals surface area contributed by atoms with Crippen molar-refractivity contribution in [2.75, 3.05) is 26.2 Å². The number of β-amino-alcohol motifs (C(OH)–C–C–N with tert-alkyl or cyclic N) is 1. The summed E-state index contributed by atoms with van der Waals surface area (Å²) in [6.07, 6.45) is 1.07. The standard InChI is InChI=1S/C25H26N2O3.C4H9N/c28-23-17-27(16-18-7-3-1-4-8-18)22(24(23)29)15-26-25(30)21-13-11-20(12-14-21)19-9-5-2-6-10-19;1-2-4-5-3-1/h1-14,22-24,28-29H,15-17H2,(H,26,30);5H,1-4H2/t22-,23-,24+;/m0./s1. The molecule has 2 aliphatic heterocycles. The van der Waals surface area contributed by atoms with Crippen molar-refractivity contribution in [1.29, 1.82) is 0 Å². The number of nitrogens with zero attached hydrogens (tertiary/aromatic N) is 1. The zero-order valence-electron chi connectivity index (χ0n) is 20.0. The Morgan fingerprint density at radius 1 is 0.857 bits per heavy atom. The van der Waals surface area contributed by atoms with Gasteiger partial charge in [0.05, 0.1) is 18.2 Å². The Bertz CT molecular complexity index is 1030. The van der Waals surface area contributed by atoms with E-state index in [-0.39, 0.29) is 18.5 Å². The van der Waals surface area contributed by atoms with Gasteiger partial charge in [-0.3, -0.25) is 9.69 Å². The van der Waals surface area contributed by atoms with Crippen molar-refractivity contribution in [3.63, 3.8) is 0 Å². The molecule has 2 heterocycles. The number of carbonyl (C=O) groups excluding carboxylic acids is 1. The molecular weight excluding hydrogens is 438 g/mol. The Morgan fingerprint density at radius 2 is 1.46 bits per heavy atom. The molecule has 6 heteroatoms. The highest BCUT2D eigenvalue weighted by molar-refractivity contribution is 5.94. The van der Waals surface area contributed by atoms with Crippen LogP contribution in [0.5, 0.6) is 0 Å². The third-order valence-corrected chi connectivity index (χ3v) is 6.59. The first kappa shape index (κ1) is 25.1. The van der Waals surface area contributed by atoms with Crippen LogP contribution in [0.2, 0.25) is 0 Å². The number of nitrogens with one attached hydrogen (secondary N) is 2. The summed E-state index contributed by atoms with van der Waals surface area (Å²) in [5, 5.41) is 26.7. The molecule has 5 rings (SSSR count). The molecule has 35 heavy (non-hydrogen) atoms. The average molecular weight is 474 g/mol. The second-order valence-electron chi connectivity index (χ2n) is 9.15. The molecule has 0 aromatic heterocycles. The molecule has 0 saturated carbocycles. The van der Waals surface area contributed by atoms with Crippen LogP contribution in [-0.2, 0) is 6.54 Å². The molecule has 3 aromatic rings. The van der Waals surface area contributed by atoms with Crippen molar-refractivity contribution in [3.8, 4) is 11.1 Å². The lowest BCUT2D eigenvalue weighted by molar-refractivity contribution is 0.0370. The molecule has 2 saturated heterocycles. The predicted molar refractivity (Wildman–Crippen MR) is 139 cm³/mol. The van der Waals surface area contributed by atoms with Crippen LogP contribution in [0, 0.1) is 0 Å². The number of aliphatic hydroxyl groups is 2. The van der Waals surface area contributed by atoms with Crippen molar-refractivity contribution in [2.45, 2.75) is 37.6 Å². The van der Waals surface area contributed by atoms with E-state index in [2.05, 4.69) is 10.6 Å². The molecule has 2 fully saturated rings. The molecule has 0 bridgehead atoms. The number of aliphatic hydroxyl groups excluding tert-OH is 2. The van der Waals surface area contributed by atoms with Gasteiger partial charge >= 0.3 is 0 Å². The maximum atomic E-state index is 12.6. The Morgan fingerprint density at radius 3 is 2.06 bits per heavy atom. The summed E-state index contributed by atoms with van der Waals surface area (Å²) >= 11 is 0. The molecule has 184 valence electrons. The normalized spacial score (nSPS) is 21.8. The maximum absolute atomic E-state index is 12.6. The highest BCUT2D eigenvalue weighted by Gasteiger charge is 2.39. The molecule has 3 atom stereocenters. The Hall–Kier alpha value is -3.03. The van der Waals surface area contributed by atoms with Crippen molar-refractivity contribution in [2.24, 2.45) is 0 Å². The lowest BCUT2D eigenvalue weighted by Crippen LogP contribution is -2.45. The maximum Gasteiger partial charge on any atom is 0.251 e. The molecule has 2 aliphatic rings. The van der Waals surface area contributed by atoms with Crippen molar-refractivity contribution < 1.29 is 15.0 Å². The molecule has 6 nitrogen and oxygen atoms in total. The van der Waals surface area contributed by atoms with Gasteiger partial charge in [-0.1, -0.05) is 72.8 Å². The molecule has 0 spiro atoms. The summed E-state index contributed by atoms with van der Waals surface area (Å²) in [4.78, 5) is 14.6. The van der Waals surface area contributed by atoms with Gasteiger partial charge in [0.2, 0.25) is 0 Å². The summed E-state index contributed by atoms with van der Waals surface area (Å²) < 4.78 is 0. The van der Waals surface area contributed by atoms with Crippen LogP contribution < -0.4 is 10.6 Å². The van der Waals surface area contributed by atoms with E-state index in [4.69, 9.17) is 0 Å². The molecule has 0 unspecified atom stereocenters. The zero-order chi connectivity index (χ0) is 24.5. The summed E-state index contributed by atoms with van der Waals surface area (Å²) in [6, 6.07) is 27.1. The molecule has 1 amide bonds.